The Morgan fingerprint density at radius 2 is 1.90 bits per heavy atom. The highest BCUT2D eigenvalue weighted by molar-refractivity contribution is 9.10. The second-order valence-corrected chi connectivity index (χ2v) is 5.53. The first kappa shape index (κ1) is 15.4. The maximum absolute atomic E-state index is 13.8. The molecule has 0 saturated carbocycles. The first-order chi connectivity index (χ1) is 10.1. The summed E-state index contributed by atoms with van der Waals surface area (Å²) in [7, 11) is 0. The van der Waals surface area contributed by atoms with E-state index in [4.69, 9.17) is 5.11 Å². The second-order valence-electron chi connectivity index (χ2n) is 4.61. The summed E-state index contributed by atoms with van der Waals surface area (Å²) in [4.78, 5) is 10.9. The molecule has 0 aliphatic rings. The number of hydrogen-bond acceptors (Lipinski definition) is 1. The first-order valence-corrected chi connectivity index (χ1v) is 7.28. The van der Waals surface area contributed by atoms with Crippen molar-refractivity contribution in [2.75, 3.05) is 0 Å². The maximum Gasteiger partial charge on any atom is 0.328 e. The molecule has 0 unspecified atom stereocenters. The summed E-state index contributed by atoms with van der Waals surface area (Å²) in [5.41, 5.74) is 2.10. The van der Waals surface area contributed by atoms with Crippen molar-refractivity contribution in [1.82, 2.24) is 0 Å². The Hall–Kier alpha value is -1.94. The highest BCUT2D eigenvalue weighted by Crippen LogP contribution is 2.23. The van der Waals surface area contributed by atoms with Gasteiger partial charge in [-0.25, -0.2) is 9.18 Å². The quantitative estimate of drug-likeness (QED) is 0.796. The molecule has 0 radical (unpaired) electrons. The Morgan fingerprint density at radius 1 is 1.19 bits per heavy atom. The van der Waals surface area contributed by atoms with Crippen molar-refractivity contribution in [2.24, 2.45) is 0 Å². The Balaban J connectivity index is 2.19. The minimum atomic E-state index is -0.995. The van der Waals surface area contributed by atoms with Crippen molar-refractivity contribution >= 4 is 27.5 Å². The lowest BCUT2D eigenvalue weighted by Gasteiger charge is -2.08. The minimum absolute atomic E-state index is 0.285. The van der Waals surface area contributed by atoms with Crippen LogP contribution in [0.15, 0.2) is 59.1 Å². The van der Waals surface area contributed by atoms with E-state index in [9.17, 15) is 9.18 Å². The predicted octanol–water partition coefficient (Wildman–Crippen LogP) is 4.69. The molecule has 0 fully saturated rings. The van der Waals surface area contributed by atoms with Gasteiger partial charge in [0.25, 0.3) is 0 Å². The molecule has 0 atom stereocenters. The van der Waals surface area contributed by atoms with Crippen LogP contribution in [0.3, 0.4) is 0 Å². The number of halogens is 2. The molecule has 21 heavy (non-hydrogen) atoms. The normalized spacial score (nSPS) is 11.4. The third kappa shape index (κ3) is 4.53. The number of carboxylic acids is 1. The second kappa shape index (κ2) is 7.18. The molecule has 0 amide bonds. The van der Waals surface area contributed by atoms with Crippen LogP contribution in [0.25, 0.3) is 5.57 Å². The van der Waals surface area contributed by atoms with Crippen molar-refractivity contribution in [3.05, 3.63) is 76.0 Å². The summed E-state index contributed by atoms with van der Waals surface area (Å²) in [6.07, 6.45) is 2.11. The Morgan fingerprint density at radius 3 is 2.52 bits per heavy atom. The van der Waals surface area contributed by atoms with Crippen molar-refractivity contribution in [2.45, 2.75) is 12.8 Å². The van der Waals surface area contributed by atoms with Gasteiger partial charge in [-0.3, -0.25) is 0 Å². The van der Waals surface area contributed by atoms with Crippen molar-refractivity contribution in [3.63, 3.8) is 0 Å². The van der Waals surface area contributed by atoms with Crippen molar-refractivity contribution in [1.29, 1.82) is 0 Å². The zero-order valence-electron chi connectivity index (χ0n) is 11.2. The number of benzene rings is 2. The van der Waals surface area contributed by atoms with Gasteiger partial charge in [0.1, 0.15) is 5.82 Å². The SMILES string of the molecule is O=C(O)/C=C(/CCc1ccc(Br)cc1F)c1ccccc1. The lowest BCUT2D eigenvalue weighted by Crippen LogP contribution is -1.97. The van der Waals surface area contributed by atoms with Gasteiger partial charge in [-0.05, 0) is 41.7 Å². The van der Waals surface area contributed by atoms with E-state index < -0.39 is 5.97 Å². The Labute approximate surface area is 131 Å². The molecule has 4 heteroatoms. The van der Waals surface area contributed by atoms with E-state index in [1.807, 2.05) is 30.3 Å². The predicted molar refractivity (Wildman–Crippen MR) is 84.5 cm³/mol. The zero-order chi connectivity index (χ0) is 15.2. The molecule has 0 aliphatic carbocycles. The number of rotatable bonds is 5. The topological polar surface area (TPSA) is 37.3 Å². The van der Waals surface area contributed by atoms with Gasteiger partial charge < -0.3 is 5.11 Å². The first-order valence-electron chi connectivity index (χ1n) is 6.49. The van der Waals surface area contributed by atoms with Crippen LogP contribution in [-0.2, 0) is 11.2 Å². The third-order valence-corrected chi connectivity index (χ3v) is 3.61. The summed E-state index contributed by atoms with van der Waals surface area (Å²) in [5.74, 6) is -1.28. The van der Waals surface area contributed by atoms with Gasteiger partial charge in [-0.2, -0.15) is 0 Å². The van der Waals surface area contributed by atoms with Gasteiger partial charge in [0.2, 0.25) is 0 Å². The smallest absolute Gasteiger partial charge is 0.328 e. The third-order valence-electron chi connectivity index (χ3n) is 3.12. The summed E-state index contributed by atoms with van der Waals surface area (Å²) in [6, 6.07) is 14.2. The van der Waals surface area contributed by atoms with Crippen LogP contribution in [0.1, 0.15) is 17.5 Å². The molecule has 0 bridgehead atoms. The number of hydrogen-bond donors (Lipinski definition) is 1. The molecular formula is C17H14BrFO2. The average Bonchev–Trinajstić information content (AvgIpc) is 2.45. The summed E-state index contributed by atoms with van der Waals surface area (Å²) < 4.78 is 14.5. The van der Waals surface area contributed by atoms with Crippen molar-refractivity contribution < 1.29 is 14.3 Å². The monoisotopic (exact) mass is 348 g/mol. The van der Waals surface area contributed by atoms with Crippen LogP contribution in [-0.4, -0.2) is 11.1 Å². The molecule has 2 nitrogen and oxygen atoms in total. The van der Waals surface area contributed by atoms with Gasteiger partial charge in [0.05, 0.1) is 0 Å². The number of aryl methyl sites for hydroxylation is 1. The largest absolute Gasteiger partial charge is 0.478 e. The molecular weight excluding hydrogens is 335 g/mol. The lowest BCUT2D eigenvalue weighted by atomic mass is 9.98. The van der Waals surface area contributed by atoms with Crippen LogP contribution in [0.5, 0.6) is 0 Å². The molecule has 0 aliphatic heterocycles. The van der Waals surface area contributed by atoms with Crippen LogP contribution >= 0.6 is 15.9 Å². The minimum Gasteiger partial charge on any atom is -0.478 e. The average molecular weight is 349 g/mol. The van der Waals surface area contributed by atoms with Crippen LogP contribution in [0, 0.1) is 5.82 Å². The highest BCUT2D eigenvalue weighted by Gasteiger charge is 2.08. The fourth-order valence-electron chi connectivity index (χ4n) is 2.09. The number of allylic oxidation sites excluding steroid dienone is 1. The highest BCUT2D eigenvalue weighted by atomic mass is 79.9. The van der Waals surface area contributed by atoms with Crippen LogP contribution in [0.2, 0.25) is 0 Å². The number of carbonyl (C=O) groups is 1. The van der Waals surface area contributed by atoms with E-state index in [2.05, 4.69) is 15.9 Å². The summed E-state index contributed by atoms with van der Waals surface area (Å²) in [6.45, 7) is 0. The van der Waals surface area contributed by atoms with E-state index in [-0.39, 0.29) is 5.82 Å². The van der Waals surface area contributed by atoms with Gasteiger partial charge >= 0.3 is 5.97 Å². The molecule has 2 aromatic rings. The molecule has 0 spiro atoms. The Kier molecular flexibility index (Phi) is 5.28. The summed E-state index contributed by atoms with van der Waals surface area (Å²) >= 11 is 3.22. The molecule has 0 heterocycles. The van der Waals surface area contributed by atoms with Gasteiger partial charge in [0, 0.05) is 10.5 Å². The Bertz CT molecular complexity index is 666. The van der Waals surface area contributed by atoms with E-state index >= 15 is 0 Å². The standard InChI is InChI=1S/C17H14BrFO2/c18-15-9-8-13(16(19)11-15)6-7-14(10-17(20)21)12-4-2-1-3-5-12/h1-5,8-11H,6-7H2,(H,20,21)/b14-10-. The van der Waals surface area contributed by atoms with Gasteiger partial charge in [-0.1, -0.05) is 52.3 Å². The zero-order valence-corrected chi connectivity index (χ0v) is 12.8. The molecule has 0 aromatic heterocycles. The fraction of sp³-hybridized carbons (Fsp3) is 0.118. The van der Waals surface area contributed by atoms with Crippen LogP contribution < -0.4 is 0 Å². The lowest BCUT2D eigenvalue weighted by molar-refractivity contribution is -0.131. The molecule has 2 rings (SSSR count). The van der Waals surface area contributed by atoms with Gasteiger partial charge in [-0.15, -0.1) is 0 Å². The van der Waals surface area contributed by atoms with E-state index in [1.54, 1.807) is 12.1 Å². The van der Waals surface area contributed by atoms with E-state index in [0.29, 0.717) is 28.5 Å². The number of carboxylic acid groups (broad SMARTS) is 1. The fourth-order valence-corrected chi connectivity index (χ4v) is 2.43. The molecule has 0 saturated heterocycles. The summed E-state index contributed by atoms with van der Waals surface area (Å²) in [5, 5.41) is 8.98. The molecule has 1 N–H and O–H groups in total. The van der Waals surface area contributed by atoms with E-state index in [1.165, 1.54) is 12.1 Å². The van der Waals surface area contributed by atoms with Gasteiger partial charge in [0.15, 0.2) is 0 Å². The maximum atomic E-state index is 13.8. The van der Waals surface area contributed by atoms with Crippen LogP contribution in [0.4, 0.5) is 4.39 Å². The molecule has 108 valence electrons. The number of aliphatic carboxylic acids is 1. The molecule has 2 aromatic carbocycles. The van der Waals surface area contributed by atoms with Crippen molar-refractivity contribution in [3.8, 4) is 0 Å². The van der Waals surface area contributed by atoms with E-state index in [0.717, 1.165) is 5.56 Å².